The van der Waals surface area contributed by atoms with Crippen LogP contribution < -0.4 is 4.74 Å². The molecule has 2 aromatic rings. The Morgan fingerprint density at radius 1 is 1.00 bits per heavy atom. The van der Waals surface area contributed by atoms with Gasteiger partial charge in [-0.25, -0.2) is 13.2 Å². The lowest BCUT2D eigenvalue weighted by molar-refractivity contribution is 0.189. The minimum Gasteiger partial charge on any atom is -0.488 e. The lowest BCUT2D eigenvalue weighted by atomic mass is 10.1. The first kappa shape index (κ1) is 14.4. The van der Waals surface area contributed by atoms with Crippen LogP contribution in [0.3, 0.4) is 0 Å². The molecule has 0 fully saturated rings. The molecule has 0 spiro atoms. The predicted octanol–water partition coefficient (Wildman–Crippen LogP) is 3.74. The number of benzene rings is 2. The fraction of sp³-hybridized carbons (Fsp3) is 0.200. The van der Waals surface area contributed by atoms with Gasteiger partial charge >= 0.3 is 0 Å². The molecule has 0 bridgehead atoms. The molecule has 0 unspecified atom stereocenters. The molecule has 1 atom stereocenters. The number of hydrogen-bond acceptors (Lipinski definition) is 2. The first-order valence-corrected chi connectivity index (χ1v) is 6.01. The van der Waals surface area contributed by atoms with E-state index >= 15 is 0 Å². The minimum atomic E-state index is -0.838. The molecule has 0 aromatic heterocycles. The Balaban J connectivity index is 2.20. The van der Waals surface area contributed by atoms with Crippen molar-refractivity contribution in [2.24, 2.45) is 0 Å². The van der Waals surface area contributed by atoms with Crippen molar-refractivity contribution in [3.63, 3.8) is 0 Å². The van der Waals surface area contributed by atoms with E-state index in [1.807, 2.05) is 0 Å². The van der Waals surface area contributed by atoms with Gasteiger partial charge in [0.15, 0.2) is 0 Å². The van der Waals surface area contributed by atoms with E-state index in [9.17, 15) is 18.3 Å². The van der Waals surface area contributed by atoms with Gasteiger partial charge in [0, 0.05) is 17.7 Å². The number of ether oxygens (including phenoxy) is 1. The van der Waals surface area contributed by atoms with Gasteiger partial charge in [0.05, 0.1) is 6.10 Å². The SMILES string of the molecule is C[C@@H](O)c1ccc(F)cc1OCc1cc(F)cc(F)c1. The summed E-state index contributed by atoms with van der Waals surface area (Å²) in [5, 5.41) is 9.56. The molecule has 0 aliphatic rings. The van der Waals surface area contributed by atoms with Crippen molar-refractivity contribution in [2.45, 2.75) is 19.6 Å². The zero-order valence-corrected chi connectivity index (χ0v) is 10.7. The molecule has 2 nitrogen and oxygen atoms in total. The molecule has 0 saturated carbocycles. The summed E-state index contributed by atoms with van der Waals surface area (Å²) in [6.45, 7) is 1.39. The molecule has 1 N–H and O–H groups in total. The highest BCUT2D eigenvalue weighted by atomic mass is 19.1. The first-order valence-electron chi connectivity index (χ1n) is 6.01. The number of halogens is 3. The Kier molecular flexibility index (Phi) is 4.29. The standard InChI is InChI=1S/C15H13F3O2/c1-9(19)14-3-2-11(16)7-15(14)20-8-10-4-12(17)6-13(18)5-10/h2-7,9,19H,8H2,1H3/t9-/m1/s1. The summed E-state index contributed by atoms with van der Waals surface area (Å²) in [7, 11) is 0. The van der Waals surface area contributed by atoms with Crippen molar-refractivity contribution in [1.82, 2.24) is 0 Å². The maximum absolute atomic E-state index is 13.2. The third-order valence-electron chi connectivity index (χ3n) is 2.74. The van der Waals surface area contributed by atoms with Crippen LogP contribution in [0.25, 0.3) is 0 Å². The van der Waals surface area contributed by atoms with E-state index in [-0.39, 0.29) is 17.9 Å². The third-order valence-corrected chi connectivity index (χ3v) is 2.74. The van der Waals surface area contributed by atoms with E-state index in [1.165, 1.54) is 19.1 Å². The van der Waals surface area contributed by atoms with Crippen molar-refractivity contribution in [3.8, 4) is 5.75 Å². The maximum atomic E-state index is 13.2. The molecule has 0 radical (unpaired) electrons. The monoisotopic (exact) mass is 282 g/mol. The van der Waals surface area contributed by atoms with Crippen molar-refractivity contribution < 1.29 is 23.0 Å². The molecule has 106 valence electrons. The molecule has 2 rings (SSSR count). The molecule has 0 heterocycles. The van der Waals surface area contributed by atoms with E-state index in [1.54, 1.807) is 0 Å². The highest BCUT2D eigenvalue weighted by Gasteiger charge is 2.11. The van der Waals surface area contributed by atoms with E-state index < -0.39 is 23.6 Å². The van der Waals surface area contributed by atoms with Crippen molar-refractivity contribution >= 4 is 0 Å². The average molecular weight is 282 g/mol. The van der Waals surface area contributed by atoms with Crippen LogP contribution in [0.2, 0.25) is 0 Å². The van der Waals surface area contributed by atoms with Gasteiger partial charge in [-0.1, -0.05) is 0 Å². The van der Waals surface area contributed by atoms with Gasteiger partial charge in [0.2, 0.25) is 0 Å². The van der Waals surface area contributed by atoms with Gasteiger partial charge in [-0.2, -0.15) is 0 Å². The maximum Gasteiger partial charge on any atom is 0.128 e. The fourth-order valence-corrected chi connectivity index (χ4v) is 1.83. The molecular weight excluding hydrogens is 269 g/mol. The van der Waals surface area contributed by atoms with Crippen LogP contribution in [0.5, 0.6) is 5.75 Å². The van der Waals surface area contributed by atoms with Crippen LogP contribution in [-0.4, -0.2) is 5.11 Å². The number of aliphatic hydroxyl groups excluding tert-OH is 1. The van der Waals surface area contributed by atoms with Gasteiger partial charge in [-0.05, 0) is 36.8 Å². The molecule has 0 amide bonds. The minimum absolute atomic E-state index is 0.127. The first-order chi connectivity index (χ1) is 9.45. The molecular formula is C15H13F3O2. The Hall–Kier alpha value is -2.01. The number of aliphatic hydroxyl groups is 1. The quantitative estimate of drug-likeness (QED) is 0.925. The van der Waals surface area contributed by atoms with Gasteiger partial charge in [-0.15, -0.1) is 0 Å². The fourth-order valence-electron chi connectivity index (χ4n) is 1.83. The summed E-state index contributed by atoms with van der Waals surface area (Å²) < 4.78 is 44.6. The van der Waals surface area contributed by atoms with Gasteiger partial charge in [0.25, 0.3) is 0 Å². The van der Waals surface area contributed by atoms with Gasteiger partial charge in [0.1, 0.15) is 29.8 Å². The van der Waals surface area contributed by atoms with E-state index in [4.69, 9.17) is 4.74 Å². The van der Waals surface area contributed by atoms with Gasteiger partial charge in [-0.3, -0.25) is 0 Å². The lowest BCUT2D eigenvalue weighted by Crippen LogP contribution is -2.02. The van der Waals surface area contributed by atoms with E-state index in [0.29, 0.717) is 5.56 Å². The summed E-state index contributed by atoms with van der Waals surface area (Å²) in [5.74, 6) is -1.79. The Morgan fingerprint density at radius 3 is 2.25 bits per heavy atom. The largest absolute Gasteiger partial charge is 0.488 e. The van der Waals surface area contributed by atoms with Crippen molar-refractivity contribution in [1.29, 1.82) is 0 Å². The second-order valence-electron chi connectivity index (χ2n) is 4.42. The molecule has 2 aromatic carbocycles. The van der Waals surface area contributed by atoms with Crippen LogP contribution in [0.15, 0.2) is 36.4 Å². The summed E-state index contributed by atoms with van der Waals surface area (Å²) in [5.41, 5.74) is 0.687. The van der Waals surface area contributed by atoms with E-state index in [0.717, 1.165) is 24.3 Å². The molecule has 20 heavy (non-hydrogen) atoms. The second kappa shape index (κ2) is 5.96. The zero-order chi connectivity index (χ0) is 14.7. The zero-order valence-electron chi connectivity index (χ0n) is 10.7. The summed E-state index contributed by atoms with van der Waals surface area (Å²) >= 11 is 0. The Labute approximate surface area is 114 Å². The lowest BCUT2D eigenvalue weighted by Gasteiger charge is -2.13. The number of rotatable bonds is 4. The molecule has 0 saturated heterocycles. The smallest absolute Gasteiger partial charge is 0.128 e. The van der Waals surface area contributed by atoms with Crippen LogP contribution in [0, 0.1) is 17.5 Å². The van der Waals surface area contributed by atoms with Crippen LogP contribution in [0.1, 0.15) is 24.2 Å². The van der Waals surface area contributed by atoms with Crippen molar-refractivity contribution in [2.75, 3.05) is 0 Å². The summed E-state index contributed by atoms with van der Waals surface area (Å²) in [6, 6.07) is 6.75. The van der Waals surface area contributed by atoms with Crippen LogP contribution >= 0.6 is 0 Å². The Bertz CT molecular complexity index is 592. The van der Waals surface area contributed by atoms with Crippen LogP contribution in [-0.2, 0) is 6.61 Å². The Morgan fingerprint density at radius 2 is 1.65 bits per heavy atom. The summed E-state index contributed by atoms with van der Waals surface area (Å²) in [6.07, 6.45) is -0.838. The average Bonchev–Trinajstić information content (AvgIpc) is 2.35. The molecule has 5 heteroatoms. The van der Waals surface area contributed by atoms with Crippen molar-refractivity contribution in [3.05, 3.63) is 65.0 Å². The van der Waals surface area contributed by atoms with E-state index in [2.05, 4.69) is 0 Å². The molecule has 0 aliphatic carbocycles. The third kappa shape index (κ3) is 3.51. The molecule has 0 aliphatic heterocycles. The normalized spacial score (nSPS) is 12.2. The summed E-state index contributed by atoms with van der Waals surface area (Å²) in [4.78, 5) is 0. The number of hydrogen-bond donors (Lipinski definition) is 1. The topological polar surface area (TPSA) is 29.5 Å². The predicted molar refractivity (Wildman–Crippen MR) is 67.7 cm³/mol. The highest BCUT2D eigenvalue weighted by molar-refractivity contribution is 5.35. The second-order valence-corrected chi connectivity index (χ2v) is 4.42. The van der Waals surface area contributed by atoms with Crippen LogP contribution in [0.4, 0.5) is 13.2 Å². The highest BCUT2D eigenvalue weighted by Crippen LogP contribution is 2.27. The van der Waals surface area contributed by atoms with Gasteiger partial charge < -0.3 is 9.84 Å².